The average molecular weight is 317 g/mol. The summed E-state index contributed by atoms with van der Waals surface area (Å²) in [5.41, 5.74) is 6.05. The van der Waals surface area contributed by atoms with E-state index in [1.54, 1.807) is 0 Å². The number of amides is 1. The smallest absolute Gasteiger partial charge is 0.222 e. The van der Waals surface area contributed by atoms with Crippen LogP contribution in [-0.2, 0) is 4.79 Å². The van der Waals surface area contributed by atoms with Gasteiger partial charge in [0.25, 0.3) is 0 Å². The van der Waals surface area contributed by atoms with Crippen LogP contribution in [0.4, 0.5) is 0 Å². The van der Waals surface area contributed by atoms with E-state index in [2.05, 4.69) is 4.90 Å². The summed E-state index contributed by atoms with van der Waals surface area (Å²) in [4.78, 5) is 14.5. The number of rotatable bonds is 5. The maximum Gasteiger partial charge on any atom is 0.222 e. The maximum atomic E-state index is 12.4. The molecule has 2 unspecified atom stereocenters. The fourth-order valence-electron chi connectivity index (χ4n) is 3.98. The van der Waals surface area contributed by atoms with Crippen LogP contribution >= 0.6 is 12.4 Å². The molecule has 1 aliphatic heterocycles. The van der Waals surface area contributed by atoms with Gasteiger partial charge >= 0.3 is 0 Å². The topological polar surface area (TPSA) is 46.3 Å². The van der Waals surface area contributed by atoms with E-state index in [-0.39, 0.29) is 24.5 Å². The predicted molar refractivity (Wildman–Crippen MR) is 90.7 cm³/mol. The van der Waals surface area contributed by atoms with Crippen molar-refractivity contribution in [2.24, 2.45) is 11.7 Å². The van der Waals surface area contributed by atoms with Crippen LogP contribution in [0.3, 0.4) is 0 Å². The highest BCUT2D eigenvalue weighted by Crippen LogP contribution is 2.28. The minimum absolute atomic E-state index is 0. The summed E-state index contributed by atoms with van der Waals surface area (Å²) in [7, 11) is 0. The third kappa shape index (κ3) is 5.78. The first-order valence-electron chi connectivity index (χ1n) is 8.73. The van der Waals surface area contributed by atoms with Crippen molar-refractivity contribution in [3.8, 4) is 0 Å². The van der Waals surface area contributed by atoms with Crippen molar-refractivity contribution in [3.05, 3.63) is 0 Å². The van der Waals surface area contributed by atoms with Gasteiger partial charge in [-0.2, -0.15) is 0 Å². The van der Waals surface area contributed by atoms with Crippen molar-refractivity contribution >= 4 is 18.3 Å². The quantitative estimate of drug-likeness (QED) is 0.836. The Morgan fingerprint density at radius 2 is 1.81 bits per heavy atom. The number of halogens is 1. The largest absolute Gasteiger partial charge is 0.338 e. The second-order valence-electron chi connectivity index (χ2n) is 6.91. The molecule has 0 spiro atoms. The SMILES string of the molecule is CC(N)C1CCCCN1C(=O)CCCC1CCCCC1.Cl. The number of piperidine rings is 1. The van der Waals surface area contributed by atoms with Gasteiger partial charge in [0, 0.05) is 25.0 Å². The van der Waals surface area contributed by atoms with Gasteiger partial charge in [0.2, 0.25) is 5.91 Å². The van der Waals surface area contributed by atoms with Gasteiger partial charge in [0.15, 0.2) is 0 Å². The van der Waals surface area contributed by atoms with Crippen molar-refractivity contribution in [1.29, 1.82) is 0 Å². The Kier molecular flexibility index (Phi) is 8.65. The lowest BCUT2D eigenvalue weighted by atomic mass is 9.85. The van der Waals surface area contributed by atoms with Gasteiger partial charge in [-0.05, 0) is 44.9 Å². The molecule has 2 N–H and O–H groups in total. The van der Waals surface area contributed by atoms with E-state index in [1.807, 2.05) is 6.92 Å². The number of hydrogen-bond donors (Lipinski definition) is 1. The first-order valence-corrected chi connectivity index (χ1v) is 8.73. The number of nitrogens with zero attached hydrogens (tertiary/aromatic N) is 1. The van der Waals surface area contributed by atoms with Gasteiger partial charge in [-0.15, -0.1) is 12.4 Å². The molecule has 1 saturated heterocycles. The van der Waals surface area contributed by atoms with Crippen molar-refractivity contribution in [3.63, 3.8) is 0 Å². The molecule has 0 aromatic heterocycles. The Morgan fingerprint density at radius 1 is 1.14 bits per heavy atom. The summed E-state index contributed by atoms with van der Waals surface area (Å²) in [6.45, 7) is 2.97. The summed E-state index contributed by atoms with van der Waals surface area (Å²) in [6.07, 6.45) is 13.5. The number of carbonyl (C=O) groups is 1. The van der Waals surface area contributed by atoms with Crippen LogP contribution in [0.2, 0.25) is 0 Å². The number of nitrogens with two attached hydrogens (primary N) is 1. The summed E-state index contributed by atoms with van der Waals surface area (Å²) in [5.74, 6) is 1.24. The van der Waals surface area contributed by atoms with E-state index < -0.39 is 0 Å². The predicted octanol–water partition coefficient (Wildman–Crippen LogP) is 3.89. The Balaban J connectivity index is 0.00000220. The Bertz CT molecular complexity index is 303. The molecule has 1 aliphatic carbocycles. The molecule has 1 saturated carbocycles. The van der Waals surface area contributed by atoms with E-state index in [0.29, 0.717) is 5.91 Å². The van der Waals surface area contributed by atoms with Gasteiger partial charge in [0.1, 0.15) is 0 Å². The third-order valence-corrected chi connectivity index (χ3v) is 5.20. The Hall–Kier alpha value is -0.280. The van der Waals surface area contributed by atoms with Crippen LogP contribution in [0.1, 0.15) is 77.6 Å². The molecule has 1 heterocycles. The normalized spacial score (nSPS) is 25.2. The second-order valence-corrected chi connectivity index (χ2v) is 6.91. The minimum Gasteiger partial charge on any atom is -0.338 e. The van der Waals surface area contributed by atoms with Crippen LogP contribution in [0.5, 0.6) is 0 Å². The Labute approximate surface area is 136 Å². The van der Waals surface area contributed by atoms with Gasteiger partial charge < -0.3 is 10.6 Å². The molecular formula is C17H33ClN2O. The first kappa shape index (κ1) is 18.8. The summed E-state index contributed by atoms with van der Waals surface area (Å²) < 4.78 is 0. The number of likely N-dealkylation sites (tertiary alicyclic amines) is 1. The lowest BCUT2D eigenvalue weighted by molar-refractivity contribution is -0.135. The lowest BCUT2D eigenvalue weighted by Crippen LogP contribution is -2.51. The van der Waals surface area contributed by atoms with Gasteiger partial charge in [-0.1, -0.05) is 32.1 Å². The summed E-state index contributed by atoms with van der Waals surface area (Å²) in [6, 6.07) is 0.392. The Morgan fingerprint density at radius 3 is 2.48 bits per heavy atom. The second kappa shape index (κ2) is 9.68. The fraction of sp³-hybridized carbons (Fsp3) is 0.941. The number of carbonyl (C=O) groups excluding carboxylic acids is 1. The molecule has 2 rings (SSSR count). The molecular weight excluding hydrogens is 284 g/mol. The molecule has 21 heavy (non-hydrogen) atoms. The first-order chi connectivity index (χ1) is 9.68. The third-order valence-electron chi connectivity index (χ3n) is 5.20. The van der Waals surface area contributed by atoms with Crippen molar-refractivity contribution in [2.75, 3.05) is 6.54 Å². The van der Waals surface area contributed by atoms with E-state index >= 15 is 0 Å². The zero-order valence-corrected chi connectivity index (χ0v) is 14.4. The molecule has 2 atom stereocenters. The van der Waals surface area contributed by atoms with Crippen LogP contribution < -0.4 is 5.73 Å². The minimum atomic E-state index is 0. The highest BCUT2D eigenvalue weighted by molar-refractivity contribution is 5.85. The highest BCUT2D eigenvalue weighted by Gasteiger charge is 2.28. The number of hydrogen-bond acceptors (Lipinski definition) is 2. The molecule has 1 amide bonds. The molecule has 0 bridgehead atoms. The van der Waals surface area contributed by atoms with Crippen LogP contribution in [0, 0.1) is 5.92 Å². The average Bonchev–Trinajstić information content (AvgIpc) is 2.48. The molecule has 4 heteroatoms. The molecule has 3 nitrogen and oxygen atoms in total. The van der Waals surface area contributed by atoms with Crippen molar-refractivity contribution < 1.29 is 4.79 Å². The zero-order chi connectivity index (χ0) is 14.4. The standard InChI is InChI=1S/C17H32N2O.ClH/c1-14(18)16-11-5-6-13-19(16)17(20)12-7-10-15-8-3-2-4-9-15;/h14-16H,2-13,18H2,1H3;1H. The fourth-order valence-corrected chi connectivity index (χ4v) is 3.98. The summed E-state index contributed by atoms with van der Waals surface area (Å²) in [5, 5.41) is 0. The zero-order valence-electron chi connectivity index (χ0n) is 13.6. The molecule has 0 aromatic carbocycles. The van der Waals surface area contributed by atoms with E-state index in [9.17, 15) is 4.79 Å². The van der Waals surface area contributed by atoms with Crippen LogP contribution in [-0.4, -0.2) is 29.4 Å². The maximum absolute atomic E-state index is 12.4. The van der Waals surface area contributed by atoms with Crippen molar-refractivity contribution in [2.45, 2.75) is 89.6 Å². The van der Waals surface area contributed by atoms with E-state index in [0.717, 1.165) is 38.1 Å². The lowest BCUT2D eigenvalue weighted by Gasteiger charge is -2.38. The van der Waals surface area contributed by atoms with Gasteiger partial charge in [0.05, 0.1) is 0 Å². The van der Waals surface area contributed by atoms with Crippen molar-refractivity contribution in [1.82, 2.24) is 4.90 Å². The molecule has 2 aliphatic rings. The monoisotopic (exact) mass is 316 g/mol. The molecule has 124 valence electrons. The van der Waals surface area contributed by atoms with Crippen LogP contribution in [0.25, 0.3) is 0 Å². The molecule has 0 aromatic rings. The van der Waals surface area contributed by atoms with Gasteiger partial charge in [-0.25, -0.2) is 0 Å². The van der Waals surface area contributed by atoms with E-state index in [4.69, 9.17) is 5.73 Å². The summed E-state index contributed by atoms with van der Waals surface area (Å²) >= 11 is 0. The molecule has 2 fully saturated rings. The van der Waals surface area contributed by atoms with Crippen LogP contribution in [0.15, 0.2) is 0 Å². The highest BCUT2D eigenvalue weighted by atomic mass is 35.5. The van der Waals surface area contributed by atoms with E-state index in [1.165, 1.54) is 44.9 Å². The van der Waals surface area contributed by atoms with Gasteiger partial charge in [-0.3, -0.25) is 4.79 Å². The molecule has 0 radical (unpaired) electrons.